The van der Waals surface area contributed by atoms with E-state index in [2.05, 4.69) is 53.1 Å². The van der Waals surface area contributed by atoms with Gasteiger partial charge in [-0.15, -0.1) is 0 Å². The lowest BCUT2D eigenvalue weighted by Crippen LogP contribution is -2.38. The number of benzene rings is 2. The third-order valence-electron chi connectivity index (χ3n) is 7.90. The van der Waals surface area contributed by atoms with Crippen molar-refractivity contribution in [1.82, 2.24) is 29.3 Å². The Morgan fingerprint density at radius 1 is 1.00 bits per heavy atom. The molecule has 0 unspecified atom stereocenters. The number of rotatable bonds is 8. The number of fused-ring (bicyclic) bond motifs is 1. The van der Waals surface area contributed by atoms with Crippen LogP contribution < -0.4 is 11.3 Å². The van der Waals surface area contributed by atoms with Crippen molar-refractivity contribution in [3.05, 3.63) is 92.6 Å². The number of hydrogen-bond donors (Lipinski definition) is 1. The molecule has 2 aromatic carbocycles. The third kappa shape index (κ3) is 5.27. The molecule has 4 heterocycles. The summed E-state index contributed by atoms with van der Waals surface area (Å²) in [5.74, 6) is 0.395. The van der Waals surface area contributed by atoms with Crippen LogP contribution in [-0.2, 0) is 17.6 Å². The summed E-state index contributed by atoms with van der Waals surface area (Å²) in [7, 11) is 0. The third-order valence-corrected chi connectivity index (χ3v) is 7.90. The van der Waals surface area contributed by atoms with Crippen molar-refractivity contribution in [3.8, 4) is 22.5 Å². The van der Waals surface area contributed by atoms with Gasteiger partial charge in [0.25, 0.3) is 5.56 Å². The first-order chi connectivity index (χ1) is 19.9. The van der Waals surface area contributed by atoms with Crippen LogP contribution in [0.5, 0.6) is 0 Å². The average Bonchev–Trinajstić information content (AvgIpc) is 3.62. The fourth-order valence-electron chi connectivity index (χ4n) is 6.06. The minimum Gasteiger partial charge on any atom is -0.375 e. The highest BCUT2D eigenvalue weighted by atomic mass is 16.5. The van der Waals surface area contributed by atoms with Gasteiger partial charge in [0.2, 0.25) is 5.78 Å². The van der Waals surface area contributed by atoms with Crippen LogP contribution in [0.2, 0.25) is 0 Å². The Labute approximate surface area is 237 Å². The maximum atomic E-state index is 14.3. The van der Waals surface area contributed by atoms with Crippen LogP contribution in [0.4, 0.5) is 0 Å². The molecule has 0 amide bonds. The van der Waals surface area contributed by atoms with Crippen molar-refractivity contribution in [2.45, 2.75) is 77.5 Å². The van der Waals surface area contributed by atoms with E-state index in [0.29, 0.717) is 18.0 Å². The molecule has 10 nitrogen and oxygen atoms in total. The zero-order valence-electron chi connectivity index (χ0n) is 23.5. The summed E-state index contributed by atoms with van der Waals surface area (Å²) in [5.41, 5.74) is 5.38. The number of nitrogens with one attached hydrogen (secondary N) is 1. The highest BCUT2D eigenvalue weighted by Gasteiger charge is 2.30. The van der Waals surface area contributed by atoms with Gasteiger partial charge < -0.3 is 4.74 Å². The van der Waals surface area contributed by atoms with Crippen LogP contribution in [-0.4, -0.2) is 41.5 Å². The van der Waals surface area contributed by atoms with E-state index in [9.17, 15) is 9.59 Å². The van der Waals surface area contributed by atoms with E-state index >= 15 is 0 Å². The molecule has 1 aliphatic rings. The largest absolute Gasteiger partial charge is 0.439 e. The van der Waals surface area contributed by atoms with Crippen LogP contribution in [0.15, 0.2) is 69.0 Å². The van der Waals surface area contributed by atoms with Crippen LogP contribution in [0, 0.1) is 0 Å². The normalized spacial score (nSPS) is 19.1. The van der Waals surface area contributed by atoms with E-state index in [1.165, 1.54) is 0 Å². The van der Waals surface area contributed by atoms with Gasteiger partial charge in [0.1, 0.15) is 6.33 Å². The quantitative estimate of drug-likeness (QED) is 0.288. The lowest BCUT2D eigenvalue weighted by atomic mass is 9.95. The molecule has 1 aliphatic heterocycles. The monoisotopic (exact) mass is 554 g/mol. The van der Waals surface area contributed by atoms with E-state index in [1.54, 1.807) is 6.33 Å². The molecule has 10 heteroatoms. The smallest absolute Gasteiger partial charge is 0.375 e. The molecular formula is C31H34N6O4. The first-order valence-electron chi connectivity index (χ1n) is 14.3. The van der Waals surface area contributed by atoms with Crippen molar-refractivity contribution < 1.29 is 9.26 Å². The van der Waals surface area contributed by atoms with Crippen LogP contribution >= 0.6 is 0 Å². The summed E-state index contributed by atoms with van der Waals surface area (Å²) >= 11 is 0. The molecule has 0 spiro atoms. The van der Waals surface area contributed by atoms with Crippen LogP contribution in [0.25, 0.3) is 28.3 Å². The van der Waals surface area contributed by atoms with Gasteiger partial charge in [0.15, 0.2) is 5.82 Å². The van der Waals surface area contributed by atoms with Gasteiger partial charge >= 0.3 is 5.76 Å². The van der Waals surface area contributed by atoms with Crippen molar-refractivity contribution in [3.63, 3.8) is 0 Å². The molecule has 3 atom stereocenters. The van der Waals surface area contributed by atoms with Crippen LogP contribution in [0.1, 0.15) is 69.3 Å². The Morgan fingerprint density at radius 2 is 1.73 bits per heavy atom. The lowest BCUT2D eigenvalue weighted by Gasteiger charge is -2.33. The average molecular weight is 555 g/mol. The Hall–Kier alpha value is -4.31. The zero-order chi connectivity index (χ0) is 28.5. The van der Waals surface area contributed by atoms with Gasteiger partial charge in [-0.3, -0.25) is 18.9 Å². The Balaban J connectivity index is 1.40. The van der Waals surface area contributed by atoms with E-state index in [0.717, 1.165) is 65.6 Å². The summed E-state index contributed by atoms with van der Waals surface area (Å²) < 4.78 is 14.4. The maximum absolute atomic E-state index is 14.3. The van der Waals surface area contributed by atoms with Crippen molar-refractivity contribution in [1.29, 1.82) is 0 Å². The number of H-pyrrole nitrogens is 1. The van der Waals surface area contributed by atoms with Crippen LogP contribution in [0.3, 0.4) is 0 Å². The second-order valence-electron chi connectivity index (χ2n) is 10.9. The summed E-state index contributed by atoms with van der Waals surface area (Å²) in [5, 5.41) is 8.44. The number of aromatic amines is 1. The summed E-state index contributed by atoms with van der Waals surface area (Å²) in [4.78, 5) is 33.0. The van der Waals surface area contributed by atoms with Crippen molar-refractivity contribution in [2.24, 2.45) is 0 Å². The van der Waals surface area contributed by atoms with Gasteiger partial charge in [-0.25, -0.2) is 9.31 Å². The number of ether oxygens (including phenoxy) is 1. The van der Waals surface area contributed by atoms with Gasteiger partial charge in [-0.1, -0.05) is 67.0 Å². The molecule has 1 fully saturated rings. The Kier molecular flexibility index (Phi) is 7.40. The van der Waals surface area contributed by atoms with Gasteiger partial charge in [-0.05, 0) is 56.2 Å². The van der Waals surface area contributed by atoms with Gasteiger partial charge in [0, 0.05) is 23.6 Å². The van der Waals surface area contributed by atoms with Crippen molar-refractivity contribution in [2.75, 3.05) is 0 Å². The van der Waals surface area contributed by atoms with Crippen molar-refractivity contribution >= 4 is 5.78 Å². The Bertz CT molecular complexity index is 1770. The van der Waals surface area contributed by atoms with E-state index in [1.807, 2.05) is 45.5 Å². The van der Waals surface area contributed by atoms with Gasteiger partial charge in [0.05, 0.1) is 17.9 Å². The number of nitrogens with zero attached hydrogens (tertiary/aromatic N) is 5. The predicted molar refractivity (Wildman–Crippen MR) is 155 cm³/mol. The first-order valence-corrected chi connectivity index (χ1v) is 14.3. The predicted octanol–water partition coefficient (Wildman–Crippen LogP) is 4.96. The number of aromatic nitrogens is 6. The summed E-state index contributed by atoms with van der Waals surface area (Å²) in [6.45, 7) is 6.27. The molecule has 0 aliphatic carbocycles. The molecule has 1 saturated heterocycles. The molecule has 41 heavy (non-hydrogen) atoms. The van der Waals surface area contributed by atoms with E-state index in [4.69, 9.17) is 9.26 Å². The highest BCUT2D eigenvalue weighted by molar-refractivity contribution is 5.80. The second kappa shape index (κ2) is 11.3. The molecule has 212 valence electrons. The summed E-state index contributed by atoms with van der Waals surface area (Å²) in [6.07, 6.45) is 6.39. The SMILES string of the molecule is CCCCc1c(Cc2ccc(-c3ccccc3-c3noc(=O)[nH]3)cc2)c(=O)n([C@H]2C[C@@H](C)O[C@@H](C)C2)c2ncnn12. The molecular weight excluding hydrogens is 520 g/mol. The standard InChI is InChI=1S/C31H34N6O4/c1-4-5-10-27-26(29(38)36(30-32-18-33-37(27)30)23-15-19(2)40-20(3)16-23)17-21-11-13-22(14-12-21)24-8-6-7-9-25(24)28-34-31(39)41-35-28/h6-9,11-14,18-20,23H,4-5,10,15-17H2,1-3H3,(H,34,35,39)/t19-,20+,23+. The topological polar surface area (TPSA) is 120 Å². The fraction of sp³-hybridized carbons (Fsp3) is 0.387. The van der Waals surface area contributed by atoms with E-state index in [-0.39, 0.29) is 23.8 Å². The second-order valence-corrected chi connectivity index (χ2v) is 10.9. The fourth-order valence-corrected chi connectivity index (χ4v) is 6.06. The van der Waals surface area contributed by atoms with E-state index < -0.39 is 5.76 Å². The minimum absolute atomic E-state index is 0.00576. The lowest BCUT2D eigenvalue weighted by molar-refractivity contribution is -0.0488. The number of hydrogen-bond acceptors (Lipinski definition) is 7. The Morgan fingerprint density at radius 3 is 2.41 bits per heavy atom. The molecule has 0 radical (unpaired) electrons. The molecule has 1 N–H and O–H groups in total. The molecule has 5 aromatic rings. The zero-order valence-corrected chi connectivity index (χ0v) is 23.5. The maximum Gasteiger partial charge on any atom is 0.439 e. The molecule has 3 aromatic heterocycles. The first kappa shape index (κ1) is 26.9. The number of aryl methyl sites for hydroxylation is 1. The highest BCUT2D eigenvalue weighted by Crippen LogP contribution is 2.31. The summed E-state index contributed by atoms with van der Waals surface area (Å²) in [6, 6.07) is 15.9. The van der Waals surface area contributed by atoms with Gasteiger partial charge in [-0.2, -0.15) is 10.1 Å². The molecule has 0 saturated carbocycles. The number of unbranched alkanes of at least 4 members (excludes halogenated alkanes) is 1. The molecule has 6 rings (SSSR count). The molecule has 0 bridgehead atoms. The minimum atomic E-state index is -0.594.